The number of aromatic nitrogens is 1. The van der Waals surface area contributed by atoms with E-state index in [-0.39, 0.29) is 11.0 Å². The number of hydrogen-bond donors (Lipinski definition) is 0. The Morgan fingerprint density at radius 1 is 0.897 bits per heavy atom. The lowest BCUT2D eigenvalue weighted by Gasteiger charge is -2.20. The van der Waals surface area contributed by atoms with Crippen molar-refractivity contribution in [2.75, 3.05) is 42.5 Å². The molecule has 0 saturated heterocycles. The van der Waals surface area contributed by atoms with Crippen LogP contribution < -0.4 is 24.5 Å². The van der Waals surface area contributed by atoms with Crippen LogP contribution >= 0.6 is 0 Å². The Labute approximate surface area is 228 Å². The van der Waals surface area contributed by atoms with Crippen LogP contribution in [0, 0.1) is 0 Å². The van der Waals surface area contributed by atoms with Crippen LogP contribution in [0.1, 0.15) is 6.42 Å². The van der Waals surface area contributed by atoms with Gasteiger partial charge in [0.25, 0.3) is 0 Å². The van der Waals surface area contributed by atoms with E-state index in [1.807, 2.05) is 25.2 Å². The summed E-state index contributed by atoms with van der Waals surface area (Å²) < 4.78 is 51.7. The second kappa shape index (κ2) is 10.1. The van der Waals surface area contributed by atoms with Gasteiger partial charge in [0, 0.05) is 37.4 Å². The minimum absolute atomic E-state index is 0.129. The molecule has 0 N–H and O–H groups in total. The molecule has 0 radical (unpaired) electrons. The first-order valence-corrected chi connectivity index (χ1v) is 14.0. The van der Waals surface area contributed by atoms with Gasteiger partial charge >= 0.3 is 0 Å². The number of fused-ring (bicyclic) bond motifs is 5. The van der Waals surface area contributed by atoms with Gasteiger partial charge in [-0.1, -0.05) is 24.3 Å². The van der Waals surface area contributed by atoms with E-state index in [2.05, 4.69) is 29.0 Å². The lowest BCUT2D eigenvalue weighted by atomic mass is 9.93. The van der Waals surface area contributed by atoms with E-state index in [0.717, 1.165) is 49.0 Å². The summed E-state index contributed by atoms with van der Waals surface area (Å²) in [5.41, 5.74) is 2.67. The van der Waals surface area contributed by atoms with Crippen molar-refractivity contribution in [2.45, 2.75) is 17.4 Å². The Morgan fingerprint density at radius 2 is 1.59 bits per heavy atom. The Kier molecular flexibility index (Phi) is 7.00. The van der Waals surface area contributed by atoms with E-state index in [9.17, 15) is 8.42 Å². The molecule has 0 amide bonds. The molecule has 39 heavy (non-hydrogen) atoms. The minimum Gasteiger partial charge on any atom is -0.497 e. The van der Waals surface area contributed by atoms with Crippen molar-refractivity contribution in [2.24, 2.45) is 7.05 Å². The van der Waals surface area contributed by atoms with Crippen LogP contribution in [0.15, 0.2) is 53.6 Å². The predicted octanol–water partition coefficient (Wildman–Crippen LogP) is 2.71. The number of aryl methyl sites for hydroxylation is 1. The maximum Gasteiger partial charge on any atom is 0.242 e. The largest absolute Gasteiger partial charge is 0.497 e. The Bertz CT molecular complexity index is 1830. The summed E-state index contributed by atoms with van der Waals surface area (Å²) in [6.07, 6.45) is 4.86. The maximum absolute atomic E-state index is 12.7. The average Bonchev–Trinajstić information content (AvgIpc) is 2.94. The van der Waals surface area contributed by atoms with E-state index >= 15 is 0 Å². The molecule has 1 aliphatic rings. The van der Waals surface area contributed by atoms with Crippen LogP contribution in [0.2, 0.25) is 0 Å². The molecule has 0 saturated carbocycles. The smallest absolute Gasteiger partial charge is 0.242 e. The standard InChI is InChI=1S/C30H33N2O6S/c1-31(2)39(33,34)19-10-8-18(9-11-19)27-21-12-13-22-20-14-15-25(35-4)29(37-6)24(20)17-32(3)28(22)23(21)16-26(36-5)30(27)38-7/h8-14,16-17,25H,15H2,1-7H3/q+1. The molecule has 8 nitrogen and oxygen atoms in total. The highest BCUT2D eigenvalue weighted by Gasteiger charge is 2.26. The summed E-state index contributed by atoms with van der Waals surface area (Å²) >= 11 is 0. The van der Waals surface area contributed by atoms with Gasteiger partial charge in [0.1, 0.15) is 18.9 Å². The van der Waals surface area contributed by atoms with Crippen molar-refractivity contribution in [1.82, 2.24) is 4.31 Å². The number of benzene rings is 3. The maximum atomic E-state index is 12.7. The molecule has 5 rings (SSSR count). The van der Waals surface area contributed by atoms with Gasteiger partial charge in [-0.3, -0.25) is 0 Å². The number of hydrogen-bond acceptors (Lipinski definition) is 6. The summed E-state index contributed by atoms with van der Waals surface area (Å²) in [6.45, 7) is 0. The Hall–Kier alpha value is -3.66. The molecular formula is C30H33N2O6S+. The minimum atomic E-state index is -3.55. The third-order valence-corrected chi connectivity index (χ3v) is 9.24. The second-order valence-corrected chi connectivity index (χ2v) is 11.8. The lowest BCUT2D eigenvalue weighted by molar-refractivity contribution is -0.644. The van der Waals surface area contributed by atoms with Crippen molar-refractivity contribution in [1.29, 1.82) is 0 Å². The molecular weight excluding hydrogens is 516 g/mol. The van der Waals surface area contributed by atoms with Crippen LogP contribution in [0.3, 0.4) is 0 Å². The molecule has 1 aromatic heterocycles. The van der Waals surface area contributed by atoms with Crippen LogP contribution in [-0.4, -0.2) is 61.4 Å². The molecule has 9 heteroatoms. The summed E-state index contributed by atoms with van der Waals surface area (Å²) in [5.74, 6) is 1.98. The quantitative estimate of drug-likeness (QED) is 0.261. The topological polar surface area (TPSA) is 78.2 Å². The fraction of sp³-hybridized carbons (Fsp3) is 0.300. The van der Waals surface area contributed by atoms with Crippen molar-refractivity contribution < 1.29 is 31.9 Å². The molecule has 204 valence electrons. The van der Waals surface area contributed by atoms with Crippen molar-refractivity contribution >= 4 is 43.5 Å². The first-order valence-electron chi connectivity index (χ1n) is 12.5. The van der Waals surface area contributed by atoms with Gasteiger partial charge in [-0.15, -0.1) is 0 Å². The number of sulfonamides is 1. The normalized spacial score (nSPS) is 15.4. The third kappa shape index (κ3) is 4.21. The molecule has 0 bridgehead atoms. The van der Waals surface area contributed by atoms with Gasteiger partial charge in [0.05, 0.1) is 42.2 Å². The molecule has 4 aromatic rings. The van der Waals surface area contributed by atoms with Gasteiger partial charge in [0.2, 0.25) is 15.5 Å². The van der Waals surface area contributed by atoms with Gasteiger partial charge < -0.3 is 18.9 Å². The molecule has 1 atom stereocenters. The van der Waals surface area contributed by atoms with Crippen LogP contribution in [0.4, 0.5) is 0 Å². The zero-order valence-corrected chi connectivity index (χ0v) is 24.0. The average molecular weight is 550 g/mol. The number of methoxy groups -OCH3 is 4. The van der Waals surface area contributed by atoms with Crippen LogP contribution in [0.25, 0.3) is 44.6 Å². The van der Waals surface area contributed by atoms with Gasteiger partial charge in [-0.2, -0.15) is 4.57 Å². The molecule has 3 aromatic carbocycles. The highest BCUT2D eigenvalue weighted by atomic mass is 32.2. The number of nitrogens with zero attached hydrogens (tertiary/aromatic N) is 2. The summed E-state index contributed by atoms with van der Waals surface area (Å²) in [6, 6.07) is 13.1. The van der Waals surface area contributed by atoms with Gasteiger partial charge in [0.15, 0.2) is 17.7 Å². The first-order chi connectivity index (χ1) is 18.7. The van der Waals surface area contributed by atoms with E-state index in [0.29, 0.717) is 17.9 Å². The molecule has 1 aliphatic carbocycles. The van der Waals surface area contributed by atoms with E-state index < -0.39 is 10.0 Å². The molecule has 0 spiro atoms. The Morgan fingerprint density at radius 3 is 2.18 bits per heavy atom. The fourth-order valence-electron chi connectivity index (χ4n) is 5.50. The van der Waals surface area contributed by atoms with Crippen molar-refractivity contribution in [3.8, 4) is 22.6 Å². The van der Waals surface area contributed by atoms with Gasteiger partial charge in [-0.25, -0.2) is 12.7 Å². The van der Waals surface area contributed by atoms with Crippen molar-refractivity contribution in [3.63, 3.8) is 0 Å². The van der Waals surface area contributed by atoms with E-state index in [1.54, 1.807) is 40.6 Å². The zero-order valence-electron chi connectivity index (χ0n) is 23.2. The molecule has 1 unspecified atom stereocenters. The first kappa shape index (κ1) is 26.9. The Balaban J connectivity index is 1.86. The molecule has 1 heterocycles. The van der Waals surface area contributed by atoms with E-state index in [1.165, 1.54) is 18.4 Å². The summed E-state index contributed by atoms with van der Waals surface area (Å²) in [5, 5.41) is 5.13. The van der Waals surface area contributed by atoms with Crippen LogP contribution in [-0.2, 0) is 26.5 Å². The summed E-state index contributed by atoms with van der Waals surface area (Å²) in [4.78, 5) is 0.223. The fourth-order valence-corrected chi connectivity index (χ4v) is 6.40. The lowest BCUT2D eigenvalue weighted by Crippen LogP contribution is -2.45. The number of ether oxygens (including phenoxy) is 4. The van der Waals surface area contributed by atoms with E-state index in [4.69, 9.17) is 18.9 Å². The van der Waals surface area contributed by atoms with Crippen LogP contribution in [0.5, 0.6) is 11.5 Å². The predicted molar refractivity (Wildman–Crippen MR) is 152 cm³/mol. The second-order valence-electron chi connectivity index (χ2n) is 9.66. The number of rotatable bonds is 7. The molecule has 0 aliphatic heterocycles. The monoisotopic (exact) mass is 549 g/mol. The zero-order chi connectivity index (χ0) is 28.1. The highest BCUT2D eigenvalue weighted by molar-refractivity contribution is 7.89. The number of pyridine rings is 1. The summed E-state index contributed by atoms with van der Waals surface area (Å²) in [7, 11) is 8.10. The SMILES string of the molecule is COC1=c2c[n+](C)c3c(ccc4c(-c5ccc(S(=O)(=O)N(C)C)cc5)c(OC)c(OC)cc43)c2=CCC1OC. The highest BCUT2D eigenvalue weighted by Crippen LogP contribution is 2.45. The van der Waals surface area contributed by atoms with Crippen molar-refractivity contribution in [3.05, 3.63) is 59.1 Å². The third-order valence-electron chi connectivity index (χ3n) is 7.41. The molecule has 0 fully saturated rings. The van der Waals surface area contributed by atoms with Gasteiger partial charge in [-0.05, 0) is 36.2 Å².